The Morgan fingerprint density at radius 3 is 2.00 bits per heavy atom. The summed E-state index contributed by atoms with van der Waals surface area (Å²) >= 11 is 8.71. The monoisotopic (exact) mass is 567 g/mol. The maximum absolute atomic E-state index is 12.6. The highest BCUT2D eigenvalue weighted by Gasteiger charge is 2.15. The Balaban J connectivity index is 1.54. The number of ether oxygens (including phenoxy) is 1. The van der Waals surface area contributed by atoms with Crippen LogP contribution in [0.2, 0.25) is 0 Å². The van der Waals surface area contributed by atoms with Gasteiger partial charge in [0.25, 0.3) is 11.8 Å². The van der Waals surface area contributed by atoms with Gasteiger partial charge >= 0.3 is 0 Å². The minimum Gasteiger partial charge on any atom is -0.492 e. The molecule has 0 atom stereocenters. The molecule has 2 amide bonds. The van der Waals surface area contributed by atoms with Crippen LogP contribution in [-0.4, -0.2) is 23.5 Å². The molecule has 0 heterocycles. The number of halogens is 1. The number of thiocarbonyl (C=S) groups is 1. The van der Waals surface area contributed by atoms with Crippen LogP contribution in [0.4, 0.5) is 11.4 Å². The normalized spacial score (nSPS) is 10.9. The fraction of sp³-hybridized carbons (Fsp3) is 0.250. The van der Waals surface area contributed by atoms with Crippen LogP contribution in [0.3, 0.4) is 0 Å². The van der Waals surface area contributed by atoms with Crippen molar-refractivity contribution in [2.45, 2.75) is 39.5 Å². The van der Waals surface area contributed by atoms with Gasteiger partial charge in [-0.25, -0.2) is 0 Å². The molecule has 0 saturated carbocycles. The Morgan fingerprint density at radius 2 is 1.44 bits per heavy atom. The first kappa shape index (κ1) is 27.4. The molecule has 8 heteroatoms. The van der Waals surface area contributed by atoms with E-state index in [1.54, 1.807) is 42.5 Å². The molecule has 36 heavy (non-hydrogen) atoms. The van der Waals surface area contributed by atoms with Gasteiger partial charge in [0, 0.05) is 22.5 Å². The molecule has 0 spiro atoms. The van der Waals surface area contributed by atoms with E-state index in [-0.39, 0.29) is 22.3 Å². The van der Waals surface area contributed by atoms with E-state index in [2.05, 4.69) is 52.7 Å². The van der Waals surface area contributed by atoms with Crippen LogP contribution in [0.1, 0.15) is 60.4 Å². The molecular formula is C28H30BrN3O3S. The van der Waals surface area contributed by atoms with Crippen molar-refractivity contribution in [1.82, 2.24) is 5.32 Å². The number of carbonyl (C=O) groups is 2. The zero-order chi connectivity index (χ0) is 26.3. The van der Waals surface area contributed by atoms with E-state index in [1.807, 2.05) is 31.2 Å². The van der Waals surface area contributed by atoms with Crippen molar-refractivity contribution in [1.29, 1.82) is 0 Å². The summed E-state index contributed by atoms with van der Waals surface area (Å²) in [5, 5.41) is 8.70. The molecule has 0 radical (unpaired) electrons. The van der Waals surface area contributed by atoms with Gasteiger partial charge in [0.05, 0.1) is 11.1 Å². The Hall–Kier alpha value is -3.23. The zero-order valence-corrected chi connectivity index (χ0v) is 23.2. The summed E-state index contributed by atoms with van der Waals surface area (Å²) in [4.78, 5) is 25.1. The van der Waals surface area contributed by atoms with E-state index in [0.29, 0.717) is 39.3 Å². The third kappa shape index (κ3) is 7.63. The number of benzene rings is 3. The first-order chi connectivity index (χ1) is 17.1. The quantitative estimate of drug-likeness (QED) is 0.270. The van der Waals surface area contributed by atoms with Gasteiger partial charge in [0.1, 0.15) is 5.75 Å². The highest BCUT2D eigenvalue weighted by molar-refractivity contribution is 9.10. The summed E-state index contributed by atoms with van der Waals surface area (Å²) in [6.07, 6.45) is 0.896. The van der Waals surface area contributed by atoms with Gasteiger partial charge in [-0.05, 0) is 100 Å². The molecule has 0 aliphatic heterocycles. The van der Waals surface area contributed by atoms with E-state index in [1.165, 1.54) is 5.56 Å². The minimum atomic E-state index is -0.336. The summed E-state index contributed by atoms with van der Waals surface area (Å²) in [7, 11) is 0. The summed E-state index contributed by atoms with van der Waals surface area (Å²) in [6, 6.07) is 19.8. The van der Waals surface area contributed by atoms with E-state index in [0.717, 1.165) is 6.42 Å². The molecule has 6 nitrogen and oxygen atoms in total. The number of hydrogen-bond acceptors (Lipinski definition) is 4. The number of rotatable bonds is 7. The molecule has 3 aromatic carbocycles. The molecule has 0 unspecified atom stereocenters. The first-order valence-electron chi connectivity index (χ1n) is 11.6. The van der Waals surface area contributed by atoms with Crippen LogP contribution < -0.4 is 20.7 Å². The van der Waals surface area contributed by atoms with Crippen LogP contribution in [0.15, 0.2) is 71.2 Å². The molecule has 0 aliphatic carbocycles. The van der Waals surface area contributed by atoms with Crippen molar-refractivity contribution in [3.05, 3.63) is 87.9 Å². The summed E-state index contributed by atoms with van der Waals surface area (Å²) in [5.74, 6) is 0.163. The first-order valence-corrected chi connectivity index (χ1v) is 12.8. The zero-order valence-electron chi connectivity index (χ0n) is 20.8. The Bertz CT molecular complexity index is 1240. The predicted octanol–water partition coefficient (Wildman–Crippen LogP) is 6.91. The SMILES string of the molecule is CCCOc1ccc(C(=O)NC(=S)Nc2ccc(NC(=O)c3ccc(C(C)(C)C)cc3)cc2)cc1Br. The molecule has 0 saturated heterocycles. The average Bonchev–Trinajstić information content (AvgIpc) is 2.84. The van der Waals surface area contributed by atoms with Crippen molar-refractivity contribution in [3.8, 4) is 5.75 Å². The van der Waals surface area contributed by atoms with E-state index in [9.17, 15) is 9.59 Å². The summed E-state index contributed by atoms with van der Waals surface area (Å²) in [6.45, 7) is 9.03. The van der Waals surface area contributed by atoms with Gasteiger partial charge in [-0.1, -0.05) is 39.8 Å². The highest BCUT2D eigenvalue weighted by atomic mass is 79.9. The third-order valence-corrected chi connectivity index (χ3v) is 6.12. The van der Waals surface area contributed by atoms with Crippen LogP contribution in [0.25, 0.3) is 0 Å². The number of carbonyl (C=O) groups excluding carboxylic acids is 2. The maximum atomic E-state index is 12.6. The average molecular weight is 569 g/mol. The second-order valence-corrected chi connectivity index (χ2v) is 10.5. The lowest BCUT2D eigenvalue weighted by atomic mass is 9.87. The smallest absolute Gasteiger partial charge is 0.257 e. The van der Waals surface area contributed by atoms with Gasteiger partial charge in [-0.3, -0.25) is 14.9 Å². The summed E-state index contributed by atoms with van der Waals surface area (Å²) < 4.78 is 6.31. The molecule has 3 aromatic rings. The lowest BCUT2D eigenvalue weighted by molar-refractivity contribution is 0.0976. The summed E-state index contributed by atoms with van der Waals surface area (Å²) in [5.41, 5.74) is 3.56. The maximum Gasteiger partial charge on any atom is 0.257 e. The van der Waals surface area contributed by atoms with Crippen molar-refractivity contribution < 1.29 is 14.3 Å². The molecule has 0 bridgehead atoms. The Kier molecular flexibility index (Phi) is 9.23. The third-order valence-electron chi connectivity index (χ3n) is 5.30. The van der Waals surface area contributed by atoms with Crippen molar-refractivity contribution in [3.63, 3.8) is 0 Å². The Labute approximate surface area is 226 Å². The van der Waals surface area contributed by atoms with Crippen LogP contribution in [-0.2, 0) is 5.41 Å². The number of amides is 2. The van der Waals surface area contributed by atoms with Crippen molar-refractivity contribution in [2.24, 2.45) is 0 Å². The van der Waals surface area contributed by atoms with Crippen molar-refractivity contribution in [2.75, 3.05) is 17.2 Å². The van der Waals surface area contributed by atoms with Gasteiger partial charge < -0.3 is 15.4 Å². The van der Waals surface area contributed by atoms with Crippen LogP contribution >= 0.6 is 28.1 Å². The van der Waals surface area contributed by atoms with Crippen molar-refractivity contribution >= 4 is 56.4 Å². The molecule has 3 rings (SSSR count). The topological polar surface area (TPSA) is 79.5 Å². The van der Waals surface area contributed by atoms with E-state index >= 15 is 0 Å². The van der Waals surface area contributed by atoms with E-state index < -0.39 is 0 Å². The lowest BCUT2D eigenvalue weighted by Gasteiger charge is -2.19. The van der Waals surface area contributed by atoms with E-state index in [4.69, 9.17) is 17.0 Å². The second kappa shape index (κ2) is 12.1. The number of hydrogen-bond donors (Lipinski definition) is 3. The van der Waals surface area contributed by atoms with Gasteiger partial charge in [-0.2, -0.15) is 0 Å². The molecule has 3 N–H and O–H groups in total. The number of anilines is 2. The molecular weight excluding hydrogens is 538 g/mol. The lowest BCUT2D eigenvalue weighted by Crippen LogP contribution is -2.34. The molecule has 0 aromatic heterocycles. The van der Waals surface area contributed by atoms with Crippen LogP contribution in [0.5, 0.6) is 5.75 Å². The van der Waals surface area contributed by atoms with Gasteiger partial charge in [0.2, 0.25) is 0 Å². The van der Waals surface area contributed by atoms with Gasteiger partial charge in [0.15, 0.2) is 5.11 Å². The Morgan fingerprint density at radius 1 is 0.861 bits per heavy atom. The molecule has 0 fully saturated rings. The standard InChI is InChI=1S/C28H30BrN3O3S/c1-5-16-35-24-15-8-19(17-23(24)29)26(34)32-27(36)31-22-13-11-21(12-14-22)30-25(33)18-6-9-20(10-7-18)28(2,3)4/h6-15,17H,5,16H2,1-4H3,(H,30,33)(H2,31,32,34,36). The van der Waals surface area contributed by atoms with Crippen LogP contribution in [0, 0.1) is 0 Å². The van der Waals surface area contributed by atoms with Gasteiger partial charge in [-0.15, -0.1) is 0 Å². The highest BCUT2D eigenvalue weighted by Crippen LogP contribution is 2.26. The molecule has 188 valence electrons. The predicted molar refractivity (Wildman–Crippen MR) is 153 cm³/mol. The molecule has 0 aliphatic rings. The number of nitrogens with one attached hydrogen (secondary N) is 3. The second-order valence-electron chi connectivity index (χ2n) is 9.26. The minimum absolute atomic E-state index is 0.0303. The fourth-order valence-electron chi connectivity index (χ4n) is 3.27. The largest absolute Gasteiger partial charge is 0.492 e. The fourth-order valence-corrected chi connectivity index (χ4v) is 3.97.